The molecule has 0 aromatic heterocycles. The quantitative estimate of drug-likeness (QED) is 0.800. The molecule has 4 heteroatoms. The zero-order valence-electron chi connectivity index (χ0n) is 12.0. The smallest absolute Gasteiger partial charge is 0.0558 e. The maximum absolute atomic E-state index is 8.96. The molecule has 1 aromatic carbocycles. The number of aliphatic hydroxyl groups excluding tert-OH is 1. The fraction of sp³-hybridized carbons (Fsp3) is 0.500. The van der Waals surface area contributed by atoms with Gasteiger partial charge in [-0.1, -0.05) is 42.5 Å². The molecule has 110 valence electrons. The van der Waals surface area contributed by atoms with Gasteiger partial charge < -0.3 is 10.8 Å². The van der Waals surface area contributed by atoms with Crippen molar-refractivity contribution < 1.29 is 5.11 Å². The number of hydrogen-bond donors (Lipinski definition) is 2. The number of hydrogen-bond acceptors (Lipinski definition) is 4. The molecule has 2 rings (SSSR count). The fourth-order valence-electron chi connectivity index (χ4n) is 2.60. The van der Waals surface area contributed by atoms with E-state index in [4.69, 9.17) is 10.8 Å². The van der Waals surface area contributed by atoms with Crippen molar-refractivity contribution >= 4 is 6.08 Å². The largest absolute Gasteiger partial charge is 0.395 e. The number of piperazine rings is 1. The Balaban J connectivity index is 1.88. The second kappa shape index (κ2) is 8.17. The maximum Gasteiger partial charge on any atom is 0.0558 e. The second-order valence-corrected chi connectivity index (χ2v) is 5.17. The van der Waals surface area contributed by atoms with Crippen LogP contribution in [-0.2, 0) is 0 Å². The highest BCUT2D eigenvalue weighted by Gasteiger charge is 2.20. The van der Waals surface area contributed by atoms with Crippen molar-refractivity contribution in [2.24, 2.45) is 5.73 Å². The Morgan fingerprint density at radius 2 is 1.85 bits per heavy atom. The number of nitrogens with zero attached hydrogens (tertiary/aromatic N) is 2. The van der Waals surface area contributed by atoms with Crippen LogP contribution in [-0.4, -0.2) is 66.8 Å². The summed E-state index contributed by atoms with van der Waals surface area (Å²) in [5.41, 5.74) is 7.13. The summed E-state index contributed by atoms with van der Waals surface area (Å²) in [6.45, 7) is 5.72. The first-order chi connectivity index (χ1) is 9.83. The van der Waals surface area contributed by atoms with Crippen LogP contribution in [0.25, 0.3) is 6.08 Å². The molecule has 1 heterocycles. The summed E-state index contributed by atoms with van der Waals surface area (Å²) in [5, 5.41) is 8.96. The van der Waals surface area contributed by atoms with Gasteiger partial charge in [0.2, 0.25) is 0 Å². The van der Waals surface area contributed by atoms with Crippen molar-refractivity contribution in [3.05, 3.63) is 42.0 Å². The molecule has 0 spiro atoms. The Bertz CT molecular complexity index is 399. The zero-order chi connectivity index (χ0) is 14.2. The Morgan fingerprint density at radius 3 is 2.45 bits per heavy atom. The van der Waals surface area contributed by atoms with E-state index in [1.165, 1.54) is 5.56 Å². The molecule has 1 unspecified atom stereocenters. The van der Waals surface area contributed by atoms with Crippen LogP contribution in [0.1, 0.15) is 5.56 Å². The van der Waals surface area contributed by atoms with Gasteiger partial charge in [0.1, 0.15) is 0 Å². The summed E-state index contributed by atoms with van der Waals surface area (Å²) in [7, 11) is 0. The van der Waals surface area contributed by atoms with Crippen molar-refractivity contribution in [2.75, 3.05) is 45.9 Å². The molecule has 4 nitrogen and oxygen atoms in total. The van der Waals surface area contributed by atoms with E-state index >= 15 is 0 Å². The van der Waals surface area contributed by atoms with E-state index in [0.29, 0.717) is 12.6 Å². The lowest BCUT2D eigenvalue weighted by molar-refractivity contribution is 0.0985. The molecule has 0 aliphatic carbocycles. The van der Waals surface area contributed by atoms with E-state index in [1.54, 1.807) is 0 Å². The third-order valence-electron chi connectivity index (χ3n) is 3.84. The predicted octanol–water partition coefficient (Wildman–Crippen LogP) is 0.637. The molecule has 0 saturated carbocycles. The Kier molecular flexibility index (Phi) is 6.21. The molecule has 1 fully saturated rings. The highest BCUT2D eigenvalue weighted by molar-refractivity contribution is 5.49. The molecule has 20 heavy (non-hydrogen) atoms. The van der Waals surface area contributed by atoms with Crippen LogP contribution in [0, 0.1) is 0 Å². The summed E-state index contributed by atoms with van der Waals surface area (Å²) < 4.78 is 0. The van der Waals surface area contributed by atoms with Crippen LogP contribution in [0.4, 0.5) is 0 Å². The van der Waals surface area contributed by atoms with Crippen LogP contribution in [0.3, 0.4) is 0 Å². The third kappa shape index (κ3) is 4.42. The van der Waals surface area contributed by atoms with Gasteiger partial charge in [-0.25, -0.2) is 0 Å². The van der Waals surface area contributed by atoms with Crippen molar-refractivity contribution in [2.45, 2.75) is 6.04 Å². The molecule has 1 saturated heterocycles. The summed E-state index contributed by atoms with van der Waals surface area (Å²) in [4.78, 5) is 4.72. The average molecular weight is 275 g/mol. The van der Waals surface area contributed by atoms with Crippen LogP contribution < -0.4 is 5.73 Å². The standard InChI is InChI=1S/C16H25N3O/c17-14-16(7-6-15-4-2-1-3-5-15)19-10-8-18(9-11-19)12-13-20/h1-7,16,20H,8-14,17H2/b7-6-. The van der Waals surface area contributed by atoms with Crippen LogP contribution in [0.15, 0.2) is 36.4 Å². The van der Waals surface area contributed by atoms with Gasteiger partial charge in [-0.3, -0.25) is 9.80 Å². The molecule has 0 bridgehead atoms. The first-order valence-corrected chi connectivity index (χ1v) is 7.34. The summed E-state index contributed by atoms with van der Waals surface area (Å²) in [5.74, 6) is 0. The Hall–Kier alpha value is -1.20. The maximum atomic E-state index is 8.96. The monoisotopic (exact) mass is 275 g/mol. The molecule has 3 N–H and O–H groups in total. The van der Waals surface area contributed by atoms with Gasteiger partial charge in [0.15, 0.2) is 0 Å². The average Bonchev–Trinajstić information content (AvgIpc) is 2.51. The molecule has 0 amide bonds. The highest BCUT2D eigenvalue weighted by Crippen LogP contribution is 2.09. The molecule has 1 aromatic rings. The highest BCUT2D eigenvalue weighted by atomic mass is 16.3. The second-order valence-electron chi connectivity index (χ2n) is 5.17. The molecular formula is C16H25N3O. The lowest BCUT2D eigenvalue weighted by Gasteiger charge is -2.37. The third-order valence-corrected chi connectivity index (χ3v) is 3.84. The molecule has 1 aliphatic heterocycles. The topological polar surface area (TPSA) is 52.7 Å². The van der Waals surface area contributed by atoms with Crippen LogP contribution in [0.2, 0.25) is 0 Å². The number of aliphatic hydroxyl groups is 1. The molecular weight excluding hydrogens is 250 g/mol. The molecule has 0 radical (unpaired) electrons. The summed E-state index contributed by atoms with van der Waals surface area (Å²) >= 11 is 0. The van der Waals surface area contributed by atoms with E-state index in [9.17, 15) is 0 Å². The van der Waals surface area contributed by atoms with Crippen molar-refractivity contribution in [1.82, 2.24) is 9.80 Å². The minimum Gasteiger partial charge on any atom is -0.395 e. The minimum atomic E-state index is 0.244. The number of nitrogens with two attached hydrogens (primary N) is 1. The summed E-state index contributed by atoms with van der Waals surface area (Å²) in [6, 6.07) is 10.6. The Morgan fingerprint density at radius 1 is 1.15 bits per heavy atom. The van der Waals surface area contributed by atoms with E-state index in [1.807, 2.05) is 18.2 Å². The van der Waals surface area contributed by atoms with Gasteiger partial charge in [-0.15, -0.1) is 0 Å². The van der Waals surface area contributed by atoms with Gasteiger partial charge in [0.25, 0.3) is 0 Å². The normalized spacial score (nSPS) is 19.5. The van der Waals surface area contributed by atoms with Crippen molar-refractivity contribution in [3.63, 3.8) is 0 Å². The predicted molar refractivity (Wildman–Crippen MR) is 83.4 cm³/mol. The number of rotatable bonds is 6. The molecule has 1 aliphatic rings. The van der Waals surface area contributed by atoms with E-state index < -0.39 is 0 Å². The minimum absolute atomic E-state index is 0.244. The van der Waals surface area contributed by atoms with E-state index in [0.717, 1.165) is 32.7 Å². The van der Waals surface area contributed by atoms with Crippen LogP contribution >= 0.6 is 0 Å². The van der Waals surface area contributed by atoms with Crippen LogP contribution in [0.5, 0.6) is 0 Å². The van der Waals surface area contributed by atoms with E-state index in [-0.39, 0.29) is 6.61 Å². The van der Waals surface area contributed by atoms with Gasteiger partial charge in [0, 0.05) is 45.3 Å². The van der Waals surface area contributed by atoms with Gasteiger partial charge >= 0.3 is 0 Å². The lowest BCUT2D eigenvalue weighted by atomic mass is 10.1. The fourth-order valence-corrected chi connectivity index (χ4v) is 2.60. The molecule has 1 atom stereocenters. The van der Waals surface area contributed by atoms with Gasteiger partial charge in [0.05, 0.1) is 6.61 Å². The Labute approximate surface area is 121 Å². The lowest BCUT2D eigenvalue weighted by Crippen LogP contribution is -2.52. The SMILES string of the molecule is NCC(/C=C\c1ccccc1)N1CCN(CCO)CC1. The zero-order valence-corrected chi connectivity index (χ0v) is 12.0. The van der Waals surface area contributed by atoms with Crippen molar-refractivity contribution in [3.8, 4) is 0 Å². The first-order valence-electron chi connectivity index (χ1n) is 7.34. The van der Waals surface area contributed by atoms with Gasteiger partial charge in [-0.05, 0) is 5.56 Å². The number of benzene rings is 1. The van der Waals surface area contributed by atoms with Gasteiger partial charge in [-0.2, -0.15) is 0 Å². The summed E-state index contributed by atoms with van der Waals surface area (Å²) in [6.07, 6.45) is 4.36. The number of β-amino-alcohol motifs (C(OH)–C–C–N with tert-alkyl or cyclic N) is 1. The van der Waals surface area contributed by atoms with Crippen molar-refractivity contribution in [1.29, 1.82) is 0 Å². The van der Waals surface area contributed by atoms with E-state index in [2.05, 4.69) is 34.1 Å². The first kappa shape index (κ1) is 15.2.